The molecule has 2 amide bonds. The molecule has 0 atom stereocenters. The van der Waals surface area contributed by atoms with E-state index in [4.69, 9.17) is 4.74 Å². The van der Waals surface area contributed by atoms with Crippen molar-refractivity contribution in [3.05, 3.63) is 58.8 Å². The van der Waals surface area contributed by atoms with Crippen molar-refractivity contribution in [1.82, 2.24) is 4.90 Å². The molecule has 3 aliphatic rings. The second-order valence-corrected chi connectivity index (χ2v) is 9.37. The van der Waals surface area contributed by atoms with E-state index in [0.717, 1.165) is 74.3 Å². The number of fused-ring (bicyclic) bond motifs is 1. The molecule has 5 rings (SSSR count). The van der Waals surface area contributed by atoms with Crippen LogP contribution in [0.5, 0.6) is 0 Å². The van der Waals surface area contributed by atoms with Crippen molar-refractivity contribution in [3.63, 3.8) is 0 Å². The first kappa shape index (κ1) is 22.7. The Morgan fingerprint density at radius 1 is 0.941 bits per heavy atom. The van der Waals surface area contributed by atoms with Gasteiger partial charge in [0.05, 0.1) is 11.4 Å². The summed E-state index contributed by atoms with van der Waals surface area (Å²) in [5.74, 6) is 0.0116. The summed E-state index contributed by atoms with van der Waals surface area (Å²) in [6.45, 7) is 3.32. The molecule has 0 saturated carbocycles. The van der Waals surface area contributed by atoms with Gasteiger partial charge in [-0.1, -0.05) is 31.0 Å². The molecular weight excluding hydrogens is 432 g/mol. The van der Waals surface area contributed by atoms with Gasteiger partial charge < -0.3 is 25.2 Å². The third kappa shape index (κ3) is 4.48. The van der Waals surface area contributed by atoms with Crippen LogP contribution in [0, 0.1) is 5.21 Å². The van der Waals surface area contributed by atoms with Gasteiger partial charge in [-0.05, 0) is 43.9 Å². The van der Waals surface area contributed by atoms with Gasteiger partial charge in [-0.15, -0.1) is 0 Å². The lowest BCUT2D eigenvalue weighted by Crippen LogP contribution is -2.70. The fraction of sp³-hybridized carbons (Fsp3) is 0.462. The molecule has 180 valence electrons. The van der Waals surface area contributed by atoms with Crippen LogP contribution in [0.25, 0.3) is 0 Å². The van der Waals surface area contributed by atoms with Crippen molar-refractivity contribution in [1.29, 1.82) is 0 Å². The summed E-state index contributed by atoms with van der Waals surface area (Å²) in [5.41, 5.74) is 4.78. The van der Waals surface area contributed by atoms with Gasteiger partial charge in [0.1, 0.15) is 6.61 Å². The van der Waals surface area contributed by atoms with Crippen molar-refractivity contribution in [3.8, 4) is 0 Å². The number of nitrogens with zero attached hydrogens (tertiary/aromatic N) is 3. The number of para-hydroxylation sites is 1. The number of cyclic esters (lactones) is 1. The van der Waals surface area contributed by atoms with E-state index in [1.807, 2.05) is 41.3 Å². The Balaban J connectivity index is 1.28. The van der Waals surface area contributed by atoms with Crippen molar-refractivity contribution >= 4 is 29.1 Å². The Hall–Kier alpha value is -3.10. The Bertz CT molecular complexity index is 1040. The van der Waals surface area contributed by atoms with Crippen LogP contribution in [0.15, 0.2) is 42.5 Å². The molecule has 8 heteroatoms. The smallest absolute Gasteiger partial charge is 0.414 e. The number of nitrogens with two attached hydrogens (primary N) is 1. The first-order valence-electron chi connectivity index (χ1n) is 12.3. The molecular formula is C26H32N4O4. The molecule has 34 heavy (non-hydrogen) atoms. The van der Waals surface area contributed by atoms with Gasteiger partial charge in [-0.3, -0.25) is 9.69 Å². The topological polar surface area (TPSA) is 92.8 Å². The summed E-state index contributed by atoms with van der Waals surface area (Å²) < 4.78 is 5.40. The zero-order valence-electron chi connectivity index (χ0n) is 19.4. The molecule has 0 bridgehead atoms. The zero-order chi connectivity index (χ0) is 23.5. The fourth-order valence-corrected chi connectivity index (χ4v) is 5.41. The standard InChI is InChI=1S/C26H32N4O4/c31-25(29-13-5-1-2-6-14-29)19-9-10-24(22(17-19)27-33)28-15-11-21(12-16-28)30-23-8-4-3-7-20(23)18-34-26(30)32/h3-4,7-10,17,21H,1-2,5-6,11-16,18,27H2. The third-order valence-electron chi connectivity index (χ3n) is 7.26. The highest BCUT2D eigenvalue weighted by Gasteiger charge is 2.34. The number of hydrogen-bond acceptors (Lipinski definition) is 5. The number of ether oxygens (including phenoxy) is 1. The monoisotopic (exact) mass is 464 g/mol. The predicted molar refractivity (Wildman–Crippen MR) is 130 cm³/mol. The number of anilines is 2. The molecule has 0 aliphatic carbocycles. The molecule has 2 N–H and O–H groups in total. The minimum absolute atomic E-state index is 0.0116. The number of hydrogen-bond donors (Lipinski definition) is 1. The molecule has 2 aromatic rings. The quantitative estimate of drug-likeness (QED) is 0.552. The number of carbonyl (C=O) groups is 2. The van der Waals surface area contributed by atoms with Crippen molar-refractivity contribution in [2.75, 3.05) is 36.0 Å². The first-order chi connectivity index (χ1) is 16.7. The van der Waals surface area contributed by atoms with E-state index in [2.05, 4.69) is 4.90 Å². The molecule has 3 heterocycles. The van der Waals surface area contributed by atoms with E-state index >= 15 is 0 Å². The van der Waals surface area contributed by atoms with Gasteiger partial charge in [0.15, 0.2) is 5.69 Å². The maximum Gasteiger partial charge on any atom is 0.414 e. The Labute approximate surface area is 200 Å². The number of rotatable bonds is 4. The fourth-order valence-electron chi connectivity index (χ4n) is 5.41. The Morgan fingerprint density at radius 2 is 1.68 bits per heavy atom. The van der Waals surface area contributed by atoms with E-state index in [9.17, 15) is 14.8 Å². The van der Waals surface area contributed by atoms with Crippen LogP contribution in [0.3, 0.4) is 0 Å². The molecule has 2 aromatic carbocycles. The molecule has 0 spiro atoms. The lowest BCUT2D eigenvalue weighted by molar-refractivity contribution is -0.496. The summed E-state index contributed by atoms with van der Waals surface area (Å²) in [5, 5.41) is 11.9. The number of benzene rings is 2. The van der Waals surface area contributed by atoms with E-state index in [1.165, 1.54) is 12.8 Å². The highest BCUT2D eigenvalue weighted by molar-refractivity contribution is 5.96. The summed E-state index contributed by atoms with van der Waals surface area (Å²) in [6, 6.07) is 13.4. The molecule has 0 radical (unpaired) electrons. The van der Waals surface area contributed by atoms with Crippen LogP contribution < -0.4 is 15.3 Å². The number of piperidine rings is 1. The van der Waals surface area contributed by atoms with Crippen molar-refractivity contribution < 1.29 is 19.8 Å². The highest BCUT2D eigenvalue weighted by atomic mass is 16.6. The lowest BCUT2D eigenvalue weighted by Gasteiger charge is -2.41. The normalized spacial score (nSPS) is 19.4. The molecule has 0 aromatic heterocycles. The summed E-state index contributed by atoms with van der Waals surface area (Å²) in [4.78, 5) is 31.5. The third-order valence-corrected chi connectivity index (χ3v) is 7.26. The molecule has 2 saturated heterocycles. The highest BCUT2D eigenvalue weighted by Crippen LogP contribution is 2.34. The van der Waals surface area contributed by atoms with Gasteiger partial charge in [0.25, 0.3) is 5.91 Å². The SMILES string of the molecule is O=C(c1ccc(N2CCC(N3C(=O)OCc4ccccc43)CC2)c([NH2+][O-])c1)N1CCCCCC1. The molecule has 2 fully saturated rings. The summed E-state index contributed by atoms with van der Waals surface area (Å²) >= 11 is 0. The van der Waals surface area contributed by atoms with E-state index in [1.54, 1.807) is 11.0 Å². The number of carbonyl (C=O) groups excluding carboxylic acids is 2. The van der Waals surface area contributed by atoms with Gasteiger partial charge in [-0.25, -0.2) is 4.79 Å². The van der Waals surface area contributed by atoms with Crippen LogP contribution >= 0.6 is 0 Å². The van der Waals surface area contributed by atoms with Crippen LogP contribution in [-0.4, -0.2) is 49.1 Å². The first-order valence-corrected chi connectivity index (χ1v) is 12.3. The average molecular weight is 465 g/mol. The summed E-state index contributed by atoms with van der Waals surface area (Å²) in [7, 11) is 0. The number of likely N-dealkylation sites (tertiary alicyclic amines) is 1. The van der Waals surface area contributed by atoms with Crippen LogP contribution in [-0.2, 0) is 11.3 Å². The largest absolute Gasteiger partial charge is 0.630 e. The summed E-state index contributed by atoms with van der Waals surface area (Å²) in [6.07, 6.45) is 5.66. The Kier molecular flexibility index (Phi) is 6.69. The minimum Gasteiger partial charge on any atom is -0.630 e. The van der Waals surface area contributed by atoms with E-state index in [-0.39, 0.29) is 18.0 Å². The second kappa shape index (κ2) is 10.0. The number of quaternary nitrogens is 1. The van der Waals surface area contributed by atoms with Gasteiger partial charge in [0.2, 0.25) is 0 Å². The second-order valence-electron chi connectivity index (χ2n) is 9.37. The number of amides is 2. The van der Waals surface area contributed by atoms with E-state index in [0.29, 0.717) is 17.9 Å². The maximum atomic E-state index is 13.0. The molecule has 8 nitrogen and oxygen atoms in total. The minimum atomic E-state index is -0.290. The maximum absolute atomic E-state index is 13.0. The van der Waals surface area contributed by atoms with Gasteiger partial charge in [-0.2, -0.15) is 0 Å². The van der Waals surface area contributed by atoms with E-state index < -0.39 is 0 Å². The molecule has 0 unspecified atom stereocenters. The van der Waals surface area contributed by atoms with Crippen LogP contribution in [0.1, 0.15) is 54.4 Å². The van der Waals surface area contributed by atoms with Crippen LogP contribution in [0.4, 0.5) is 21.9 Å². The Morgan fingerprint density at radius 3 is 2.41 bits per heavy atom. The zero-order valence-corrected chi connectivity index (χ0v) is 19.4. The predicted octanol–water partition coefficient (Wildman–Crippen LogP) is 3.52. The molecule has 3 aliphatic heterocycles. The lowest BCUT2D eigenvalue weighted by atomic mass is 9.99. The van der Waals surface area contributed by atoms with Crippen molar-refractivity contribution in [2.45, 2.75) is 51.2 Å². The van der Waals surface area contributed by atoms with Crippen molar-refractivity contribution in [2.24, 2.45) is 0 Å². The van der Waals surface area contributed by atoms with Gasteiger partial charge >= 0.3 is 6.09 Å². The van der Waals surface area contributed by atoms with Crippen LogP contribution in [0.2, 0.25) is 0 Å². The van der Waals surface area contributed by atoms with Gasteiger partial charge in [0, 0.05) is 49.4 Å². The average Bonchev–Trinajstić information content (AvgIpc) is 3.18.